The summed E-state index contributed by atoms with van der Waals surface area (Å²) >= 11 is 12.6. The Hall–Kier alpha value is -0.620. The summed E-state index contributed by atoms with van der Waals surface area (Å²) in [5.41, 5.74) is 7.55. The maximum absolute atomic E-state index is 13.3. The fraction of sp³-hybridized carbons (Fsp3) is 0.143. The van der Waals surface area contributed by atoms with Crippen LogP contribution in [-0.2, 0) is 0 Å². The average Bonchev–Trinajstić information content (AvgIpc) is 2.43. The molecule has 0 radical (unpaired) electrons. The van der Waals surface area contributed by atoms with E-state index in [0.717, 1.165) is 15.7 Å². The highest BCUT2D eigenvalue weighted by molar-refractivity contribution is 9.10. The van der Waals surface area contributed by atoms with Crippen molar-refractivity contribution in [2.24, 2.45) is 5.73 Å². The minimum Gasteiger partial charge on any atom is -0.377 e. The van der Waals surface area contributed by atoms with E-state index >= 15 is 0 Å². The van der Waals surface area contributed by atoms with E-state index in [1.54, 1.807) is 12.1 Å². The van der Waals surface area contributed by atoms with Gasteiger partial charge in [0.15, 0.2) is 0 Å². The Morgan fingerprint density at radius 1 is 1.15 bits per heavy atom. The SMILES string of the molecule is NCC(Nc1ccc(Br)c(Cl)c1)c1ccc(F)c(Br)c1. The number of nitrogens with two attached hydrogens (primary N) is 1. The van der Waals surface area contributed by atoms with Crippen LogP contribution in [0.2, 0.25) is 5.02 Å². The Kier molecular flexibility index (Phi) is 5.43. The van der Waals surface area contributed by atoms with Gasteiger partial charge in [0.1, 0.15) is 5.82 Å². The minimum absolute atomic E-state index is 0.121. The van der Waals surface area contributed by atoms with Gasteiger partial charge in [0.2, 0.25) is 0 Å². The van der Waals surface area contributed by atoms with Crippen LogP contribution in [0.3, 0.4) is 0 Å². The van der Waals surface area contributed by atoms with Gasteiger partial charge in [-0.25, -0.2) is 4.39 Å². The zero-order valence-electron chi connectivity index (χ0n) is 10.3. The summed E-state index contributed by atoms with van der Waals surface area (Å²) in [4.78, 5) is 0. The first-order valence-electron chi connectivity index (χ1n) is 5.88. The van der Waals surface area contributed by atoms with E-state index in [4.69, 9.17) is 17.3 Å². The molecule has 106 valence electrons. The molecule has 0 aliphatic carbocycles. The molecule has 6 heteroatoms. The number of anilines is 1. The highest BCUT2D eigenvalue weighted by atomic mass is 79.9. The van der Waals surface area contributed by atoms with E-state index in [2.05, 4.69) is 37.2 Å². The number of benzene rings is 2. The van der Waals surface area contributed by atoms with E-state index in [1.807, 2.05) is 18.2 Å². The van der Waals surface area contributed by atoms with Crippen LogP contribution in [0, 0.1) is 5.82 Å². The van der Waals surface area contributed by atoms with Gasteiger partial charge in [-0.1, -0.05) is 17.7 Å². The molecule has 3 N–H and O–H groups in total. The van der Waals surface area contributed by atoms with Gasteiger partial charge >= 0.3 is 0 Å². The molecule has 0 saturated carbocycles. The molecule has 0 fully saturated rings. The van der Waals surface area contributed by atoms with Gasteiger partial charge in [-0.2, -0.15) is 0 Å². The third kappa shape index (κ3) is 3.73. The van der Waals surface area contributed by atoms with Crippen molar-refractivity contribution >= 4 is 49.1 Å². The Balaban J connectivity index is 2.23. The summed E-state index contributed by atoms with van der Waals surface area (Å²) in [7, 11) is 0. The summed E-state index contributed by atoms with van der Waals surface area (Å²) in [5.74, 6) is -0.295. The minimum atomic E-state index is -0.295. The molecule has 0 saturated heterocycles. The maximum Gasteiger partial charge on any atom is 0.137 e. The normalized spacial score (nSPS) is 12.2. The van der Waals surface area contributed by atoms with Crippen LogP contribution in [0.5, 0.6) is 0 Å². The summed E-state index contributed by atoms with van der Waals surface area (Å²) in [6, 6.07) is 10.3. The fourth-order valence-corrected chi connectivity index (χ4v) is 2.62. The van der Waals surface area contributed by atoms with Gasteiger partial charge < -0.3 is 11.1 Å². The Labute approximate surface area is 138 Å². The first-order chi connectivity index (χ1) is 9.51. The molecule has 0 aromatic heterocycles. The summed E-state index contributed by atoms with van der Waals surface area (Å²) in [5, 5.41) is 3.90. The maximum atomic E-state index is 13.3. The molecular weight excluding hydrogens is 410 g/mol. The zero-order chi connectivity index (χ0) is 14.7. The molecule has 0 heterocycles. The van der Waals surface area contributed by atoms with Crippen LogP contribution >= 0.6 is 43.5 Å². The van der Waals surface area contributed by atoms with Crippen LogP contribution in [0.1, 0.15) is 11.6 Å². The van der Waals surface area contributed by atoms with Gasteiger partial charge in [-0.05, 0) is 67.8 Å². The van der Waals surface area contributed by atoms with Crippen LogP contribution in [0.4, 0.5) is 10.1 Å². The van der Waals surface area contributed by atoms with Gasteiger partial charge in [0.05, 0.1) is 15.5 Å². The smallest absolute Gasteiger partial charge is 0.137 e. The summed E-state index contributed by atoms with van der Waals surface area (Å²) in [6.07, 6.45) is 0. The van der Waals surface area contributed by atoms with Gasteiger partial charge in [0, 0.05) is 16.7 Å². The standard InChI is InChI=1S/C14H12Br2ClFN2/c15-10-3-2-9(6-12(10)17)20-14(7-19)8-1-4-13(18)11(16)5-8/h1-6,14,20H,7,19H2. The van der Waals surface area contributed by atoms with Crippen LogP contribution < -0.4 is 11.1 Å². The van der Waals surface area contributed by atoms with Crippen LogP contribution in [0.25, 0.3) is 0 Å². The lowest BCUT2D eigenvalue weighted by atomic mass is 10.1. The Morgan fingerprint density at radius 3 is 2.50 bits per heavy atom. The fourth-order valence-electron chi connectivity index (χ4n) is 1.79. The lowest BCUT2D eigenvalue weighted by Crippen LogP contribution is -2.20. The van der Waals surface area contributed by atoms with Crippen molar-refractivity contribution in [2.75, 3.05) is 11.9 Å². The third-order valence-electron chi connectivity index (χ3n) is 2.84. The highest BCUT2D eigenvalue weighted by Crippen LogP contribution is 2.28. The second-order valence-corrected chi connectivity index (χ2v) is 6.35. The lowest BCUT2D eigenvalue weighted by molar-refractivity contribution is 0.619. The molecule has 2 aromatic rings. The average molecular weight is 423 g/mol. The molecule has 0 aliphatic heterocycles. The third-order valence-corrected chi connectivity index (χ3v) is 4.68. The van der Waals surface area contributed by atoms with Crippen molar-refractivity contribution < 1.29 is 4.39 Å². The summed E-state index contributed by atoms with van der Waals surface area (Å²) in [6.45, 7) is 0.381. The topological polar surface area (TPSA) is 38.0 Å². The first-order valence-corrected chi connectivity index (χ1v) is 7.84. The molecule has 0 spiro atoms. The molecular formula is C14H12Br2ClFN2. The second-order valence-electron chi connectivity index (χ2n) is 4.24. The lowest BCUT2D eigenvalue weighted by Gasteiger charge is -2.19. The van der Waals surface area contributed by atoms with E-state index in [9.17, 15) is 4.39 Å². The predicted octanol–water partition coefficient (Wildman–Crippen LogP) is 5.12. The molecule has 20 heavy (non-hydrogen) atoms. The second kappa shape index (κ2) is 6.89. The molecule has 2 nitrogen and oxygen atoms in total. The number of halogens is 4. The summed E-state index contributed by atoms with van der Waals surface area (Å²) < 4.78 is 14.5. The largest absolute Gasteiger partial charge is 0.377 e. The predicted molar refractivity (Wildman–Crippen MR) is 88.7 cm³/mol. The molecule has 0 amide bonds. The van der Waals surface area contributed by atoms with Crippen molar-refractivity contribution in [3.8, 4) is 0 Å². The molecule has 1 unspecified atom stereocenters. The quantitative estimate of drug-likeness (QED) is 0.718. The van der Waals surface area contributed by atoms with E-state index in [0.29, 0.717) is 16.0 Å². The van der Waals surface area contributed by atoms with Crippen molar-refractivity contribution in [3.63, 3.8) is 0 Å². The van der Waals surface area contributed by atoms with Crippen molar-refractivity contribution in [2.45, 2.75) is 6.04 Å². The van der Waals surface area contributed by atoms with Gasteiger partial charge in [0.25, 0.3) is 0 Å². The van der Waals surface area contributed by atoms with Crippen molar-refractivity contribution in [3.05, 3.63) is 61.7 Å². The van der Waals surface area contributed by atoms with E-state index in [1.165, 1.54) is 6.07 Å². The molecule has 1 atom stereocenters. The highest BCUT2D eigenvalue weighted by Gasteiger charge is 2.12. The van der Waals surface area contributed by atoms with Gasteiger partial charge in [-0.15, -0.1) is 0 Å². The van der Waals surface area contributed by atoms with Crippen molar-refractivity contribution in [1.82, 2.24) is 0 Å². The van der Waals surface area contributed by atoms with E-state index in [-0.39, 0.29) is 11.9 Å². The number of hydrogen-bond acceptors (Lipinski definition) is 2. The number of nitrogens with one attached hydrogen (secondary N) is 1. The zero-order valence-corrected chi connectivity index (χ0v) is 14.3. The van der Waals surface area contributed by atoms with Gasteiger partial charge in [-0.3, -0.25) is 0 Å². The number of rotatable bonds is 4. The van der Waals surface area contributed by atoms with Crippen LogP contribution in [0.15, 0.2) is 45.3 Å². The molecule has 2 aromatic carbocycles. The monoisotopic (exact) mass is 420 g/mol. The molecule has 2 rings (SSSR count). The molecule has 0 aliphatic rings. The van der Waals surface area contributed by atoms with Crippen molar-refractivity contribution in [1.29, 1.82) is 0 Å². The van der Waals surface area contributed by atoms with E-state index < -0.39 is 0 Å². The Bertz CT molecular complexity index is 622. The first kappa shape index (κ1) is 15.8. The molecule has 0 bridgehead atoms. The Morgan fingerprint density at radius 2 is 1.90 bits per heavy atom. The van der Waals surface area contributed by atoms with Crippen LogP contribution in [-0.4, -0.2) is 6.54 Å². The number of hydrogen-bond donors (Lipinski definition) is 2.